The maximum Gasteiger partial charge on any atom is 0.145 e. The molecule has 2 fully saturated rings. The Labute approximate surface area is 199 Å². The smallest absolute Gasteiger partial charge is 0.145 e. The van der Waals surface area contributed by atoms with E-state index in [1.54, 1.807) is 18.1 Å². The van der Waals surface area contributed by atoms with Gasteiger partial charge in [0.25, 0.3) is 0 Å². The van der Waals surface area contributed by atoms with Crippen LogP contribution in [-0.4, -0.2) is 8.80 Å². The van der Waals surface area contributed by atoms with Crippen molar-refractivity contribution in [3.8, 4) is 11.1 Å². The molecule has 0 amide bonds. The monoisotopic (exact) mass is 474 g/mol. The second-order valence-corrected chi connectivity index (χ2v) is 14.2. The molecule has 174 valence electrons. The van der Waals surface area contributed by atoms with E-state index in [-0.39, 0.29) is 8.80 Å². The van der Waals surface area contributed by atoms with Gasteiger partial charge in [0.1, 0.15) is 16.7 Å². The molecule has 1 saturated heterocycles. The van der Waals surface area contributed by atoms with Crippen LogP contribution in [0.4, 0.5) is 8.78 Å². The summed E-state index contributed by atoms with van der Waals surface area (Å²) in [6.07, 6.45) is 12.6. The van der Waals surface area contributed by atoms with Crippen molar-refractivity contribution in [2.75, 3.05) is 0 Å². The highest BCUT2D eigenvalue weighted by molar-refractivity contribution is 6.58. The van der Waals surface area contributed by atoms with Gasteiger partial charge < -0.3 is 0 Å². The van der Waals surface area contributed by atoms with E-state index in [1.165, 1.54) is 75.5 Å². The van der Waals surface area contributed by atoms with Gasteiger partial charge in [0.05, 0.1) is 0 Å². The van der Waals surface area contributed by atoms with E-state index >= 15 is 0 Å². The molecule has 0 atom stereocenters. The maximum absolute atomic E-state index is 13.8. The molecule has 1 saturated carbocycles. The van der Waals surface area contributed by atoms with Crippen molar-refractivity contribution in [1.82, 2.24) is 0 Å². The topological polar surface area (TPSA) is 0 Å². The van der Waals surface area contributed by atoms with Gasteiger partial charge in [-0.2, -0.15) is 0 Å². The number of halogens is 3. The van der Waals surface area contributed by atoms with Gasteiger partial charge in [0.2, 0.25) is 0 Å². The highest BCUT2D eigenvalue weighted by Crippen LogP contribution is 2.40. The zero-order valence-electron chi connectivity index (χ0n) is 19.4. The number of hydrogen-bond donors (Lipinski definition) is 0. The lowest BCUT2D eigenvalue weighted by atomic mass is 9.76. The van der Waals surface area contributed by atoms with Crippen molar-refractivity contribution in [3.63, 3.8) is 0 Å². The average Bonchev–Trinajstić information content (AvgIpc) is 2.82. The van der Waals surface area contributed by atoms with Crippen LogP contribution in [0.3, 0.4) is 0 Å². The minimum Gasteiger partial charge on any atom is -0.205 e. The highest BCUT2D eigenvalue weighted by atomic mass is 35.5. The second-order valence-electron chi connectivity index (χ2n) is 10.3. The minimum absolute atomic E-state index is 0.342. The molecule has 0 nitrogen and oxygen atoms in total. The third kappa shape index (κ3) is 6.02. The molecule has 1 aliphatic carbocycles. The van der Waals surface area contributed by atoms with Crippen LogP contribution >= 0.6 is 11.6 Å². The third-order valence-corrected chi connectivity index (χ3v) is 12.2. The lowest BCUT2D eigenvalue weighted by Crippen LogP contribution is -2.22. The molecule has 0 radical (unpaired) electrons. The minimum atomic E-state index is -0.708. The van der Waals surface area contributed by atoms with Crippen LogP contribution in [-0.2, 0) is 0 Å². The van der Waals surface area contributed by atoms with E-state index in [2.05, 4.69) is 19.1 Å². The Morgan fingerprint density at radius 3 is 1.94 bits per heavy atom. The van der Waals surface area contributed by atoms with Crippen LogP contribution in [0.1, 0.15) is 76.2 Å². The third-order valence-electron chi connectivity index (χ3n) is 8.19. The van der Waals surface area contributed by atoms with Crippen molar-refractivity contribution in [2.45, 2.75) is 88.8 Å². The van der Waals surface area contributed by atoms with Crippen LogP contribution in [0.2, 0.25) is 23.2 Å². The SMILES string of the molecule is CCC[Si@H]1CC[C@H](CC[C@H]2CC[C@H](c3ccc(-c4cc(F)c(Cl)c(F)c4)cc3)CC2)CC1. The van der Waals surface area contributed by atoms with Crippen molar-refractivity contribution in [1.29, 1.82) is 0 Å². The molecule has 2 aromatic rings. The predicted octanol–water partition coefficient (Wildman–Crippen LogP) is 9.39. The summed E-state index contributed by atoms with van der Waals surface area (Å²) >= 11 is 5.61. The largest absolute Gasteiger partial charge is 0.205 e. The Morgan fingerprint density at radius 1 is 0.812 bits per heavy atom. The van der Waals surface area contributed by atoms with E-state index in [9.17, 15) is 8.78 Å². The first-order valence-corrected chi connectivity index (χ1v) is 15.6. The van der Waals surface area contributed by atoms with Gasteiger partial charge in [-0.25, -0.2) is 8.78 Å². The molecule has 1 aliphatic heterocycles. The van der Waals surface area contributed by atoms with E-state index in [1.807, 2.05) is 12.1 Å². The summed E-state index contributed by atoms with van der Waals surface area (Å²) in [4.78, 5) is 0. The molecule has 0 bridgehead atoms. The summed E-state index contributed by atoms with van der Waals surface area (Å²) in [7, 11) is -0.342. The van der Waals surface area contributed by atoms with Crippen LogP contribution < -0.4 is 0 Å². The zero-order chi connectivity index (χ0) is 22.5. The Kier molecular flexibility index (Phi) is 8.45. The van der Waals surface area contributed by atoms with Gasteiger partial charge in [-0.3, -0.25) is 0 Å². The van der Waals surface area contributed by atoms with E-state index in [4.69, 9.17) is 11.6 Å². The van der Waals surface area contributed by atoms with Crippen LogP contribution in [0.25, 0.3) is 11.1 Å². The normalized spacial score (nSPS) is 26.2. The van der Waals surface area contributed by atoms with E-state index in [0.29, 0.717) is 11.5 Å². The zero-order valence-corrected chi connectivity index (χ0v) is 21.3. The predicted molar refractivity (Wildman–Crippen MR) is 135 cm³/mol. The Hall–Kier alpha value is -1.19. The van der Waals surface area contributed by atoms with Gasteiger partial charge in [-0.15, -0.1) is 0 Å². The van der Waals surface area contributed by atoms with Crippen molar-refractivity contribution in [2.24, 2.45) is 11.8 Å². The Bertz CT molecular complexity index is 842. The fraction of sp³-hybridized carbons (Fsp3) is 0.571. The molecule has 4 rings (SSSR count). The van der Waals surface area contributed by atoms with E-state index < -0.39 is 16.7 Å². The number of benzene rings is 2. The summed E-state index contributed by atoms with van der Waals surface area (Å²) in [5, 5.41) is -0.437. The summed E-state index contributed by atoms with van der Waals surface area (Å²) in [5.74, 6) is 1.13. The molecule has 2 aliphatic rings. The molecule has 0 unspecified atom stereocenters. The first-order valence-electron chi connectivity index (χ1n) is 12.8. The molecule has 0 aromatic heterocycles. The van der Waals surface area contributed by atoms with E-state index in [0.717, 1.165) is 17.4 Å². The first kappa shape index (κ1) is 23.9. The molecular formula is C28H37ClF2Si. The van der Waals surface area contributed by atoms with Crippen LogP contribution in [0, 0.1) is 23.5 Å². The Morgan fingerprint density at radius 2 is 1.38 bits per heavy atom. The van der Waals surface area contributed by atoms with Gasteiger partial charge in [0.15, 0.2) is 0 Å². The lowest BCUT2D eigenvalue weighted by Gasteiger charge is -2.32. The molecule has 4 heteroatoms. The fourth-order valence-corrected chi connectivity index (χ4v) is 9.82. The Balaban J connectivity index is 1.24. The summed E-state index contributed by atoms with van der Waals surface area (Å²) in [6, 6.07) is 15.7. The highest BCUT2D eigenvalue weighted by Gasteiger charge is 2.25. The van der Waals surface area contributed by atoms with Gasteiger partial charge in [-0.05, 0) is 72.3 Å². The van der Waals surface area contributed by atoms with Crippen LogP contribution in [0.15, 0.2) is 36.4 Å². The second kappa shape index (κ2) is 11.3. The van der Waals surface area contributed by atoms with Gasteiger partial charge in [-0.1, -0.05) is 93.0 Å². The molecular weight excluding hydrogens is 438 g/mol. The maximum atomic E-state index is 13.8. The summed E-state index contributed by atoms with van der Waals surface area (Å²) < 4.78 is 27.6. The van der Waals surface area contributed by atoms with Gasteiger partial charge in [0, 0.05) is 8.80 Å². The summed E-state index contributed by atoms with van der Waals surface area (Å²) in [6.45, 7) is 2.35. The van der Waals surface area contributed by atoms with Crippen molar-refractivity contribution >= 4 is 20.4 Å². The molecule has 0 spiro atoms. The fourth-order valence-electron chi connectivity index (χ4n) is 6.14. The molecule has 0 N–H and O–H groups in total. The molecule has 32 heavy (non-hydrogen) atoms. The van der Waals surface area contributed by atoms with Crippen LogP contribution in [0.5, 0.6) is 0 Å². The van der Waals surface area contributed by atoms with Crippen molar-refractivity contribution in [3.05, 3.63) is 58.6 Å². The number of rotatable bonds is 7. The molecule has 2 aromatic carbocycles. The average molecular weight is 475 g/mol. The standard InChI is InChI=1S/C28H37ClF2Si/c1-2-15-32-16-13-21(14-17-32)4-3-20-5-7-22(8-6-20)23-9-11-24(12-10-23)25-18-26(30)28(29)27(31)19-25/h9-12,18-22,32H,2-8,13-17H2,1H3/t20-,21-,22-,32-. The van der Waals surface area contributed by atoms with Crippen molar-refractivity contribution < 1.29 is 8.78 Å². The lowest BCUT2D eigenvalue weighted by molar-refractivity contribution is 0.280. The number of hydrogen-bond acceptors (Lipinski definition) is 0. The molecule has 1 heterocycles. The first-order chi connectivity index (χ1) is 15.5. The summed E-state index contributed by atoms with van der Waals surface area (Å²) in [5.41, 5.74) is 2.72. The van der Waals surface area contributed by atoms with Gasteiger partial charge >= 0.3 is 0 Å². The quantitative estimate of drug-likeness (QED) is 0.277.